The number of rotatable bonds is 10. The van der Waals surface area contributed by atoms with Crippen molar-refractivity contribution >= 4 is 11.6 Å². The average Bonchev–Trinajstić information content (AvgIpc) is 2.62. The van der Waals surface area contributed by atoms with Crippen LogP contribution in [0.25, 0.3) is 0 Å². The number of benzene rings is 2. The molecule has 0 spiro atoms. The van der Waals surface area contributed by atoms with Crippen LogP contribution in [-0.2, 0) is 11.3 Å². The highest BCUT2D eigenvalue weighted by Crippen LogP contribution is 2.14. The van der Waals surface area contributed by atoms with Crippen molar-refractivity contribution in [3.8, 4) is 5.75 Å². The summed E-state index contributed by atoms with van der Waals surface area (Å²) in [5.74, 6) is 0.491. The number of aryl methyl sites for hydroxylation is 1. The summed E-state index contributed by atoms with van der Waals surface area (Å²) in [5.41, 5.74) is 3.01. The van der Waals surface area contributed by atoms with Crippen LogP contribution in [0.3, 0.4) is 0 Å². The van der Waals surface area contributed by atoms with Crippen molar-refractivity contribution in [2.75, 3.05) is 25.1 Å². The molecule has 2 aromatic rings. The molecule has 0 aliphatic carbocycles. The number of amides is 1. The number of ether oxygens (including phenoxy) is 1. The van der Waals surface area contributed by atoms with Crippen molar-refractivity contribution in [2.24, 2.45) is 0 Å². The second-order valence-electron chi connectivity index (χ2n) is 5.96. The van der Waals surface area contributed by atoms with Crippen LogP contribution in [0.5, 0.6) is 5.75 Å². The molecule has 0 bridgehead atoms. The van der Waals surface area contributed by atoms with Gasteiger partial charge in [0.2, 0.25) is 0 Å². The van der Waals surface area contributed by atoms with E-state index in [0.29, 0.717) is 5.75 Å². The van der Waals surface area contributed by atoms with Gasteiger partial charge in [0.05, 0.1) is 0 Å². The molecule has 0 radical (unpaired) electrons. The van der Waals surface area contributed by atoms with Crippen molar-refractivity contribution < 1.29 is 14.6 Å². The molecular weight excluding hydrogens is 316 g/mol. The predicted octanol–water partition coefficient (Wildman–Crippen LogP) is 2.87. The molecule has 0 aromatic heterocycles. The molecule has 2 aromatic carbocycles. The van der Waals surface area contributed by atoms with E-state index in [4.69, 9.17) is 9.84 Å². The fraction of sp³-hybridized carbons (Fsp3) is 0.350. The van der Waals surface area contributed by atoms with Crippen LogP contribution in [-0.4, -0.2) is 30.8 Å². The lowest BCUT2D eigenvalue weighted by Crippen LogP contribution is -2.20. The Kier molecular flexibility index (Phi) is 7.95. The van der Waals surface area contributed by atoms with Gasteiger partial charge in [0.15, 0.2) is 6.61 Å². The highest BCUT2D eigenvalue weighted by atomic mass is 16.5. The summed E-state index contributed by atoms with van der Waals surface area (Å²) in [5, 5.41) is 14.9. The van der Waals surface area contributed by atoms with E-state index in [1.807, 2.05) is 55.5 Å². The molecule has 0 aliphatic rings. The Labute approximate surface area is 149 Å². The minimum atomic E-state index is -0.184. The largest absolute Gasteiger partial charge is 0.484 e. The van der Waals surface area contributed by atoms with Crippen molar-refractivity contribution in [1.29, 1.82) is 0 Å². The quantitative estimate of drug-likeness (QED) is 0.581. The number of carbonyl (C=O) groups is 1. The third-order valence-electron chi connectivity index (χ3n) is 3.69. The number of anilines is 1. The molecule has 1 amide bonds. The minimum Gasteiger partial charge on any atom is -0.484 e. The zero-order chi connectivity index (χ0) is 17.9. The molecule has 0 unspecified atom stereocenters. The molecule has 5 heteroatoms. The van der Waals surface area contributed by atoms with E-state index >= 15 is 0 Å². The van der Waals surface area contributed by atoms with Gasteiger partial charge < -0.3 is 20.5 Å². The predicted molar refractivity (Wildman–Crippen MR) is 99.8 cm³/mol. The standard InChI is InChI=1S/C20H26N2O3/c1-16-7-9-18(10-8-16)22-20(24)15-25-19-6-4-5-17(13-19)14-21-11-2-3-12-23/h4-10,13,21,23H,2-3,11-12,14-15H2,1H3,(H,22,24). The van der Waals surface area contributed by atoms with Crippen LogP contribution in [0.15, 0.2) is 48.5 Å². The van der Waals surface area contributed by atoms with Crippen LogP contribution >= 0.6 is 0 Å². The highest BCUT2D eigenvalue weighted by molar-refractivity contribution is 5.91. The summed E-state index contributed by atoms with van der Waals surface area (Å²) in [6, 6.07) is 15.3. The lowest BCUT2D eigenvalue weighted by atomic mass is 10.2. The van der Waals surface area contributed by atoms with Crippen molar-refractivity contribution in [1.82, 2.24) is 5.32 Å². The van der Waals surface area contributed by atoms with Gasteiger partial charge in [-0.1, -0.05) is 29.8 Å². The Balaban J connectivity index is 1.75. The number of unbranched alkanes of at least 4 members (excludes halogenated alkanes) is 1. The first-order valence-electron chi connectivity index (χ1n) is 8.57. The lowest BCUT2D eigenvalue weighted by Gasteiger charge is -2.10. The van der Waals surface area contributed by atoms with E-state index in [-0.39, 0.29) is 19.1 Å². The van der Waals surface area contributed by atoms with Gasteiger partial charge in [-0.3, -0.25) is 4.79 Å². The zero-order valence-electron chi connectivity index (χ0n) is 14.6. The first kappa shape index (κ1) is 19.0. The van der Waals surface area contributed by atoms with E-state index in [0.717, 1.165) is 42.7 Å². The topological polar surface area (TPSA) is 70.6 Å². The molecule has 134 valence electrons. The van der Waals surface area contributed by atoms with E-state index in [2.05, 4.69) is 10.6 Å². The van der Waals surface area contributed by atoms with Gasteiger partial charge in [-0.2, -0.15) is 0 Å². The zero-order valence-corrected chi connectivity index (χ0v) is 14.6. The first-order chi connectivity index (χ1) is 12.2. The second-order valence-corrected chi connectivity index (χ2v) is 5.96. The van der Waals surface area contributed by atoms with Crippen molar-refractivity contribution in [3.05, 3.63) is 59.7 Å². The van der Waals surface area contributed by atoms with Gasteiger partial charge in [-0.15, -0.1) is 0 Å². The third-order valence-corrected chi connectivity index (χ3v) is 3.69. The van der Waals surface area contributed by atoms with Crippen LogP contribution < -0.4 is 15.4 Å². The molecule has 0 saturated carbocycles. The van der Waals surface area contributed by atoms with Crippen LogP contribution in [0, 0.1) is 6.92 Å². The lowest BCUT2D eigenvalue weighted by molar-refractivity contribution is -0.118. The van der Waals surface area contributed by atoms with E-state index < -0.39 is 0 Å². The molecule has 0 aliphatic heterocycles. The Morgan fingerprint density at radius 3 is 2.68 bits per heavy atom. The van der Waals surface area contributed by atoms with Gasteiger partial charge >= 0.3 is 0 Å². The number of nitrogens with one attached hydrogen (secondary N) is 2. The Morgan fingerprint density at radius 2 is 1.92 bits per heavy atom. The Morgan fingerprint density at radius 1 is 1.12 bits per heavy atom. The van der Waals surface area contributed by atoms with Gasteiger partial charge in [-0.25, -0.2) is 0 Å². The monoisotopic (exact) mass is 342 g/mol. The maximum atomic E-state index is 12.0. The van der Waals surface area contributed by atoms with Gasteiger partial charge in [0.1, 0.15) is 5.75 Å². The molecule has 5 nitrogen and oxygen atoms in total. The second kappa shape index (κ2) is 10.5. The molecule has 0 fully saturated rings. The Hall–Kier alpha value is -2.37. The fourth-order valence-corrected chi connectivity index (χ4v) is 2.32. The normalized spacial score (nSPS) is 10.5. The number of hydrogen-bond donors (Lipinski definition) is 3. The molecule has 0 saturated heterocycles. The van der Waals surface area contributed by atoms with Crippen molar-refractivity contribution in [3.63, 3.8) is 0 Å². The number of carbonyl (C=O) groups excluding carboxylic acids is 1. The summed E-state index contributed by atoms with van der Waals surface area (Å²) < 4.78 is 5.58. The average molecular weight is 342 g/mol. The number of aliphatic hydroxyl groups excluding tert-OH is 1. The summed E-state index contributed by atoms with van der Waals surface area (Å²) >= 11 is 0. The maximum absolute atomic E-state index is 12.0. The summed E-state index contributed by atoms with van der Waals surface area (Å²) in [6.07, 6.45) is 1.76. The minimum absolute atomic E-state index is 0.0265. The molecule has 2 rings (SSSR count). The SMILES string of the molecule is Cc1ccc(NC(=O)COc2cccc(CNCCCCO)c2)cc1. The summed E-state index contributed by atoms with van der Waals surface area (Å²) in [7, 11) is 0. The molecule has 0 atom stereocenters. The summed E-state index contributed by atoms with van der Waals surface area (Å²) in [4.78, 5) is 12.0. The smallest absolute Gasteiger partial charge is 0.262 e. The molecule has 0 heterocycles. The van der Waals surface area contributed by atoms with Gasteiger partial charge in [0.25, 0.3) is 5.91 Å². The van der Waals surface area contributed by atoms with E-state index in [1.54, 1.807) is 0 Å². The van der Waals surface area contributed by atoms with Crippen LogP contribution in [0.4, 0.5) is 5.69 Å². The molecule has 3 N–H and O–H groups in total. The maximum Gasteiger partial charge on any atom is 0.262 e. The first-order valence-corrected chi connectivity index (χ1v) is 8.57. The van der Waals surface area contributed by atoms with Crippen LogP contribution in [0.2, 0.25) is 0 Å². The number of aliphatic hydroxyl groups is 1. The van der Waals surface area contributed by atoms with E-state index in [9.17, 15) is 4.79 Å². The van der Waals surface area contributed by atoms with E-state index in [1.165, 1.54) is 0 Å². The van der Waals surface area contributed by atoms with Gasteiger partial charge in [-0.05, 0) is 56.1 Å². The number of hydrogen-bond acceptors (Lipinski definition) is 4. The van der Waals surface area contributed by atoms with Gasteiger partial charge in [0, 0.05) is 18.8 Å². The molecule has 25 heavy (non-hydrogen) atoms. The molecular formula is C20H26N2O3. The van der Waals surface area contributed by atoms with Crippen molar-refractivity contribution in [2.45, 2.75) is 26.3 Å². The third kappa shape index (κ3) is 7.37. The summed E-state index contributed by atoms with van der Waals surface area (Å²) in [6.45, 7) is 3.81. The van der Waals surface area contributed by atoms with Crippen LogP contribution in [0.1, 0.15) is 24.0 Å². The highest BCUT2D eigenvalue weighted by Gasteiger charge is 2.04. The fourth-order valence-electron chi connectivity index (χ4n) is 2.32. The Bertz CT molecular complexity index is 656.